The summed E-state index contributed by atoms with van der Waals surface area (Å²) in [4.78, 5) is 77.1. The molecule has 4 amide bonds. The third kappa shape index (κ3) is 9.55. The minimum Gasteiger partial charge on any atom is -0.508 e. The lowest BCUT2D eigenvalue weighted by Crippen LogP contribution is -2.58. The number of fused-ring (bicyclic) bond motifs is 1. The van der Waals surface area contributed by atoms with Crippen molar-refractivity contribution in [2.24, 2.45) is 11.5 Å². The van der Waals surface area contributed by atoms with Gasteiger partial charge in [0.05, 0.1) is 12.5 Å². The molecule has 15 nitrogen and oxygen atoms in total. The normalized spacial score (nSPS) is 13.7. The van der Waals surface area contributed by atoms with Gasteiger partial charge in [-0.1, -0.05) is 30.3 Å². The predicted molar refractivity (Wildman–Crippen MR) is 156 cm³/mol. The average Bonchev–Trinajstić information content (AvgIpc) is 3.37. The number of nitrogens with one attached hydrogen (secondary N) is 4. The molecule has 15 heteroatoms. The molecule has 0 bridgehead atoms. The zero-order chi connectivity index (χ0) is 32.4. The van der Waals surface area contributed by atoms with Crippen molar-refractivity contribution in [2.75, 3.05) is 0 Å². The van der Waals surface area contributed by atoms with E-state index in [0.29, 0.717) is 11.1 Å². The zero-order valence-electron chi connectivity index (χ0n) is 23.5. The molecule has 3 aromatic rings. The van der Waals surface area contributed by atoms with Crippen LogP contribution in [0, 0.1) is 0 Å². The summed E-state index contributed by atoms with van der Waals surface area (Å²) in [7, 11) is 0. The van der Waals surface area contributed by atoms with Gasteiger partial charge < -0.3 is 47.7 Å². The number of aliphatic carboxylic acids is 2. The molecule has 1 aromatic heterocycles. The number of carbonyl (C=O) groups is 6. The Balaban J connectivity index is 1.84. The van der Waals surface area contributed by atoms with Crippen molar-refractivity contribution < 1.29 is 44.1 Å². The second-order valence-electron chi connectivity index (χ2n) is 10.2. The van der Waals surface area contributed by atoms with Crippen molar-refractivity contribution >= 4 is 46.5 Å². The fourth-order valence-corrected chi connectivity index (χ4v) is 4.46. The number of H-pyrrole nitrogens is 1. The van der Waals surface area contributed by atoms with Crippen LogP contribution in [0.25, 0.3) is 10.9 Å². The fourth-order valence-electron chi connectivity index (χ4n) is 4.46. The quantitative estimate of drug-likeness (QED) is 0.0980. The summed E-state index contributed by atoms with van der Waals surface area (Å²) in [5, 5.41) is 36.2. The Morgan fingerprint density at radius 1 is 0.795 bits per heavy atom. The second kappa shape index (κ2) is 15.2. The molecule has 2 aromatic carbocycles. The third-order valence-corrected chi connectivity index (χ3v) is 6.77. The lowest BCUT2D eigenvalue weighted by Gasteiger charge is -2.25. The number of benzene rings is 2. The molecule has 0 radical (unpaired) electrons. The van der Waals surface area contributed by atoms with E-state index in [0.717, 1.165) is 10.9 Å². The van der Waals surface area contributed by atoms with Crippen molar-refractivity contribution in [3.05, 3.63) is 65.9 Å². The van der Waals surface area contributed by atoms with Gasteiger partial charge in [-0.25, -0.2) is 4.79 Å². The molecule has 11 N–H and O–H groups in total. The summed E-state index contributed by atoms with van der Waals surface area (Å²) >= 11 is 0. The Labute approximate surface area is 251 Å². The van der Waals surface area contributed by atoms with Crippen LogP contribution in [0.2, 0.25) is 0 Å². The topological polar surface area (TPSA) is 267 Å². The van der Waals surface area contributed by atoms with Gasteiger partial charge in [0.25, 0.3) is 0 Å². The van der Waals surface area contributed by atoms with E-state index < -0.39 is 66.2 Å². The molecule has 4 atom stereocenters. The van der Waals surface area contributed by atoms with Crippen LogP contribution < -0.4 is 27.4 Å². The highest BCUT2D eigenvalue weighted by Gasteiger charge is 2.31. The second-order valence-corrected chi connectivity index (χ2v) is 10.2. The number of nitrogens with two attached hydrogens (primary N) is 2. The maximum Gasteiger partial charge on any atom is 0.326 e. The summed E-state index contributed by atoms with van der Waals surface area (Å²) in [6.45, 7) is 0. The number of primary amides is 1. The standard InChI is InChI=1S/C29H34N6O9/c30-19(13-25(38)39)26(40)34-22(12-16-14-32-20-4-2-1-3-18(16)20)28(42)33-21(9-10-24(31)37)27(41)35-23(29(43)44)11-15-5-7-17(36)8-6-15/h1-8,14,19,21-23,32,36H,9-13,30H2,(H2,31,37)(H,33,42)(H,34,40)(H,35,41)(H,38,39)(H,43,44). The molecule has 1 heterocycles. The highest BCUT2D eigenvalue weighted by molar-refractivity contribution is 5.95. The van der Waals surface area contributed by atoms with Crippen LogP contribution in [-0.2, 0) is 41.6 Å². The van der Waals surface area contributed by atoms with E-state index >= 15 is 0 Å². The summed E-state index contributed by atoms with van der Waals surface area (Å²) in [5.74, 6) is -6.23. The molecule has 0 spiro atoms. The Morgan fingerprint density at radius 2 is 1.41 bits per heavy atom. The highest BCUT2D eigenvalue weighted by Crippen LogP contribution is 2.19. The molecular formula is C29H34N6O9. The molecule has 0 aliphatic heterocycles. The molecule has 4 unspecified atom stereocenters. The molecule has 3 rings (SSSR count). The summed E-state index contributed by atoms with van der Waals surface area (Å²) < 4.78 is 0. The Morgan fingerprint density at radius 3 is 2.05 bits per heavy atom. The monoisotopic (exact) mass is 610 g/mol. The summed E-state index contributed by atoms with van der Waals surface area (Å²) in [6, 6.07) is 7.15. The van der Waals surface area contributed by atoms with Gasteiger partial charge in [-0.3, -0.25) is 24.0 Å². The largest absolute Gasteiger partial charge is 0.508 e. The number of rotatable bonds is 16. The van der Waals surface area contributed by atoms with Crippen molar-refractivity contribution in [3.63, 3.8) is 0 Å². The van der Waals surface area contributed by atoms with Gasteiger partial charge in [0.15, 0.2) is 0 Å². The van der Waals surface area contributed by atoms with Gasteiger partial charge in [-0.15, -0.1) is 0 Å². The number of phenolic OH excluding ortho intramolecular Hbond substituents is 1. The van der Waals surface area contributed by atoms with Crippen molar-refractivity contribution in [2.45, 2.75) is 56.3 Å². The highest BCUT2D eigenvalue weighted by atomic mass is 16.4. The molecule has 44 heavy (non-hydrogen) atoms. The lowest BCUT2D eigenvalue weighted by atomic mass is 10.0. The van der Waals surface area contributed by atoms with Gasteiger partial charge in [-0.05, 0) is 35.7 Å². The summed E-state index contributed by atoms with van der Waals surface area (Å²) in [6.07, 6.45) is 0.0608. The van der Waals surface area contributed by atoms with E-state index in [1.165, 1.54) is 24.3 Å². The molecule has 0 fully saturated rings. The van der Waals surface area contributed by atoms with Crippen molar-refractivity contribution in [1.29, 1.82) is 0 Å². The number of aromatic nitrogens is 1. The predicted octanol–water partition coefficient (Wildman–Crippen LogP) is -0.735. The number of carboxylic acid groups (broad SMARTS) is 2. The van der Waals surface area contributed by atoms with E-state index in [1.807, 2.05) is 0 Å². The number of phenols is 1. The first-order valence-electron chi connectivity index (χ1n) is 13.6. The molecule has 0 aliphatic rings. The molecule has 0 saturated carbocycles. The minimum absolute atomic E-state index is 0.0305. The van der Waals surface area contributed by atoms with Crippen LogP contribution >= 0.6 is 0 Å². The first kappa shape index (κ1) is 33.1. The molecular weight excluding hydrogens is 576 g/mol. The minimum atomic E-state index is -1.48. The number of amides is 4. The maximum absolute atomic E-state index is 13.6. The van der Waals surface area contributed by atoms with Gasteiger partial charge in [-0.2, -0.15) is 0 Å². The molecule has 0 aliphatic carbocycles. The van der Waals surface area contributed by atoms with E-state index in [4.69, 9.17) is 16.6 Å². The van der Waals surface area contributed by atoms with E-state index in [1.54, 1.807) is 30.5 Å². The van der Waals surface area contributed by atoms with Crippen LogP contribution in [-0.4, -0.2) is 80.0 Å². The number of para-hydroxylation sites is 1. The molecule has 0 saturated heterocycles. The zero-order valence-corrected chi connectivity index (χ0v) is 23.5. The summed E-state index contributed by atoms with van der Waals surface area (Å²) in [5.41, 5.74) is 12.8. The Kier molecular flexibility index (Phi) is 11.4. The van der Waals surface area contributed by atoms with Crippen molar-refractivity contribution in [1.82, 2.24) is 20.9 Å². The van der Waals surface area contributed by atoms with Gasteiger partial charge in [0, 0.05) is 36.4 Å². The maximum atomic E-state index is 13.6. The van der Waals surface area contributed by atoms with Crippen LogP contribution in [0.5, 0.6) is 5.75 Å². The van der Waals surface area contributed by atoms with E-state index in [-0.39, 0.29) is 31.4 Å². The number of carbonyl (C=O) groups excluding carboxylic acids is 4. The number of hydrogen-bond donors (Lipinski definition) is 9. The Hall–Kier alpha value is -5.44. The van der Waals surface area contributed by atoms with Crippen molar-refractivity contribution in [3.8, 4) is 5.75 Å². The first-order valence-corrected chi connectivity index (χ1v) is 13.6. The number of carboxylic acids is 2. The Bertz CT molecular complexity index is 1520. The smallest absolute Gasteiger partial charge is 0.326 e. The molecule has 234 valence electrons. The van der Waals surface area contributed by atoms with Gasteiger partial charge >= 0.3 is 11.9 Å². The van der Waals surface area contributed by atoms with Gasteiger partial charge in [0.2, 0.25) is 23.6 Å². The third-order valence-electron chi connectivity index (χ3n) is 6.77. The first-order chi connectivity index (χ1) is 20.8. The fraction of sp³-hybridized carbons (Fsp3) is 0.310. The SMILES string of the molecule is NC(=O)CCC(NC(=O)C(Cc1c[nH]c2ccccc12)NC(=O)C(N)CC(=O)O)C(=O)NC(Cc1ccc(O)cc1)C(=O)O. The lowest BCUT2D eigenvalue weighted by molar-refractivity contribution is -0.142. The number of aromatic hydroxyl groups is 1. The number of aromatic amines is 1. The van der Waals surface area contributed by atoms with Crippen LogP contribution in [0.1, 0.15) is 30.4 Å². The number of hydrogen-bond acceptors (Lipinski definition) is 8. The average molecular weight is 611 g/mol. The van der Waals surface area contributed by atoms with E-state index in [9.17, 15) is 39.0 Å². The van der Waals surface area contributed by atoms with Crippen LogP contribution in [0.3, 0.4) is 0 Å². The van der Waals surface area contributed by atoms with Crippen LogP contribution in [0.15, 0.2) is 54.7 Å². The van der Waals surface area contributed by atoms with Crippen LogP contribution in [0.4, 0.5) is 0 Å². The van der Waals surface area contributed by atoms with E-state index in [2.05, 4.69) is 20.9 Å². The van der Waals surface area contributed by atoms with Gasteiger partial charge in [0.1, 0.15) is 23.9 Å².